The molecule has 1 aliphatic carbocycles. The van der Waals surface area contributed by atoms with Gasteiger partial charge in [-0.25, -0.2) is 4.98 Å². The van der Waals surface area contributed by atoms with Crippen molar-refractivity contribution in [2.45, 2.75) is 64.3 Å². The summed E-state index contributed by atoms with van der Waals surface area (Å²) in [6.07, 6.45) is 8.81. The maximum atomic E-state index is 13.4. The standard InChI is InChI=1S/C23H31N3O3/c1-14(2)18(19-13-25-22-16(19)7-5-10-24-22)12-21(27)26-11-9-17(23(28)29)15-6-3-4-8-20(15)26/h5,7,10,13-15,17-18,20H,3-4,6,8-9,11-12H2,1-2H3,(H,24,25)(H,28,29). The Bertz CT molecular complexity index is 890. The van der Waals surface area contributed by atoms with Gasteiger partial charge in [0.2, 0.25) is 5.91 Å². The highest BCUT2D eigenvalue weighted by molar-refractivity contribution is 5.83. The highest BCUT2D eigenvalue weighted by Crippen LogP contribution is 2.41. The fourth-order valence-corrected chi connectivity index (χ4v) is 5.56. The molecule has 0 radical (unpaired) electrons. The summed E-state index contributed by atoms with van der Waals surface area (Å²) in [5, 5.41) is 10.7. The molecular weight excluding hydrogens is 366 g/mol. The van der Waals surface area contributed by atoms with Gasteiger partial charge >= 0.3 is 5.97 Å². The van der Waals surface area contributed by atoms with E-state index < -0.39 is 5.97 Å². The summed E-state index contributed by atoms with van der Waals surface area (Å²) in [7, 11) is 0. The van der Waals surface area contributed by atoms with Gasteiger partial charge in [-0.1, -0.05) is 26.7 Å². The van der Waals surface area contributed by atoms with Crippen LogP contribution in [-0.2, 0) is 9.59 Å². The topological polar surface area (TPSA) is 86.3 Å². The third-order valence-electron chi connectivity index (χ3n) is 7.10. The van der Waals surface area contributed by atoms with Crippen molar-refractivity contribution in [3.63, 3.8) is 0 Å². The van der Waals surface area contributed by atoms with Gasteiger partial charge in [-0.2, -0.15) is 0 Å². The second-order valence-electron chi connectivity index (χ2n) is 9.03. The normalized spacial score (nSPS) is 25.8. The molecule has 1 aliphatic heterocycles. The second-order valence-corrected chi connectivity index (χ2v) is 9.03. The summed E-state index contributed by atoms with van der Waals surface area (Å²) in [5.41, 5.74) is 2.01. The van der Waals surface area contributed by atoms with Crippen molar-refractivity contribution in [1.82, 2.24) is 14.9 Å². The summed E-state index contributed by atoms with van der Waals surface area (Å²) < 4.78 is 0. The number of amides is 1. The summed E-state index contributed by atoms with van der Waals surface area (Å²) in [5.74, 6) is -0.293. The van der Waals surface area contributed by atoms with E-state index in [0.29, 0.717) is 25.3 Å². The Labute approximate surface area is 171 Å². The van der Waals surface area contributed by atoms with E-state index in [9.17, 15) is 14.7 Å². The Balaban J connectivity index is 1.56. The number of pyridine rings is 1. The number of aromatic amines is 1. The molecule has 6 nitrogen and oxygen atoms in total. The van der Waals surface area contributed by atoms with Crippen LogP contribution >= 0.6 is 0 Å². The molecular formula is C23H31N3O3. The largest absolute Gasteiger partial charge is 0.481 e. The maximum Gasteiger partial charge on any atom is 0.306 e. The van der Waals surface area contributed by atoms with E-state index in [4.69, 9.17) is 0 Å². The molecule has 1 saturated carbocycles. The van der Waals surface area contributed by atoms with Gasteiger partial charge in [0.05, 0.1) is 5.92 Å². The third kappa shape index (κ3) is 3.77. The lowest BCUT2D eigenvalue weighted by Crippen LogP contribution is -2.54. The molecule has 156 valence electrons. The molecule has 1 amide bonds. The van der Waals surface area contributed by atoms with Gasteiger partial charge in [-0.15, -0.1) is 0 Å². The number of carbonyl (C=O) groups excluding carboxylic acids is 1. The number of nitrogens with one attached hydrogen (secondary N) is 1. The zero-order valence-corrected chi connectivity index (χ0v) is 17.3. The molecule has 1 saturated heterocycles. The zero-order chi connectivity index (χ0) is 20.5. The molecule has 4 rings (SSSR count). The van der Waals surface area contributed by atoms with Crippen molar-refractivity contribution in [2.75, 3.05) is 6.54 Å². The minimum atomic E-state index is -0.694. The van der Waals surface area contributed by atoms with E-state index in [1.165, 1.54) is 0 Å². The predicted molar refractivity (Wildman–Crippen MR) is 111 cm³/mol. The van der Waals surface area contributed by atoms with Gasteiger partial charge < -0.3 is 15.0 Å². The predicted octanol–water partition coefficient (Wildman–Crippen LogP) is 4.18. The van der Waals surface area contributed by atoms with Crippen molar-refractivity contribution < 1.29 is 14.7 Å². The Morgan fingerprint density at radius 3 is 2.83 bits per heavy atom. The van der Waals surface area contributed by atoms with Crippen molar-refractivity contribution in [3.8, 4) is 0 Å². The molecule has 2 aliphatic rings. The molecule has 4 atom stereocenters. The SMILES string of the molecule is CC(C)C(CC(=O)N1CCC(C(=O)O)C2CCCCC21)c1c[nH]c2ncccc12. The number of carboxylic acids is 1. The van der Waals surface area contributed by atoms with Gasteiger partial charge in [-0.05, 0) is 54.7 Å². The Morgan fingerprint density at radius 1 is 1.28 bits per heavy atom. The number of rotatable bonds is 5. The fourth-order valence-electron chi connectivity index (χ4n) is 5.56. The highest BCUT2D eigenvalue weighted by atomic mass is 16.4. The number of likely N-dealkylation sites (tertiary alicyclic amines) is 1. The van der Waals surface area contributed by atoms with Gasteiger partial charge in [0, 0.05) is 36.8 Å². The number of hydrogen-bond donors (Lipinski definition) is 2. The molecule has 0 aromatic carbocycles. The maximum absolute atomic E-state index is 13.4. The summed E-state index contributed by atoms with van der Waals surface area (Å²) >= 11 is 0. The van der Waals surface area contributed by atoms with E-state index in [1.54, 1.807) is 6.20 Å². The zero-order valence-electron chi connectivity index (χ0n) is 17.3. The van der Waals surface area contributed by atoms with Gasteiger partial charge in [0.25, 0.3) is 0 Å². The van der Waals surface area contributed by atoms with Crippen molar-refractivity contribution in [1.29, 1.82) is 0 Å². The molecule has 2 aromatic rings. The van der Waals surface area contributed by atoms with Crippen molar-refractivity contribution in [3.05, 3.63) is 30.1 Å². The van der Waals surface area contributed by atoms with Crippen LogP contribution in [0, 0.1) is 17.8 Å². The highest BCUT2D eigenvalue weighted by Gasteiger charge is 2.44. The number of nitrogens with zero attached hydrogens (tertiary/aromatic N) is 2. The number of fused-ring (bicyclic) bond motifs is 2. The molecule has 6 heteroatoms. The van der Waals surface area contributed by atoms with Crippen molar-refractivity contribution in [2.24, 2.45) is 17.8 Å². The van der Waals surface area contributed by atoms with E-state index in [2.05, 4.69) is 29.9 Å². The van der Waals surface area contributed by atoms with Gasteiger partial charge in [0.1, 0.15) is 5.65 Å². The number of piperidine rings is 1. The molecule has 2 fully saturated rings. The Hall–Kier alpha value is -2.37. The molecule has 0 spiro atoms. The molecule has 29 heavy (non-hydrogen) atoms. The molecule has 2 aromatic heterocycles. The van der Waals surface area contributed by atoms with Crippen LogP contribution in [0.15, 0.2) is 24.5 Å². The molecule has 2 N–H and O–H groups in total. The second kappa shape index (κ2) is 8.17. The summed E-state index contributed by atoms with van der Waals surface area (Å²) in [6.45, 7) is 4.89. The molecule has 3 heterocycles. The average Bonchev–Trinajstić information content (AvgIpc) is 3.14. The van der Waals surface area contributed by atoms with Crippen LogP contribution in [0.2, 0.25) is 0 Å². The molecule has 0 bridgehead atoms. The lowest BCUT2D eigenvalue weighted by atomic mass is 9.71. The van der Waals surface area contributed by atoms with Crippen LogP contribution in [0.4, 0.5) is 0 Å². The first-order chi connectivity index (χ1) is 14.0. The van der Waals surface area contributed by atoms with E-state index in [0.717, 1.165) is 42.3 Å². The number of carbonyl (C=O) groups is 2. The van der Waals surface area contributed by atoms with Crippen LogP contribution < -0.4 is 0 Å². The first kappa shape index (κ1) is 19.9. The number of aromatic nitrogens is 2. The van der Waals surface area contributed by atoms with Gasteiger partial charge in [-0.3, -0.25) is 9.59 Å². The number of aliphatic carboxylic acids is 1. The number of carboxylic acid groups (broad SMARTS) is 1. The minimum Gasteiger partial charge on any atom is -0.481 e. The first-order valence-corrected chi connectivity index (χ1v) is 10.9. The first-order valence-electron chi connectivity index (χ1n) is 10.9. The van der Waals surface area contributed by atoms with Gasteiger partial charge in [0.15, 0.2) is 0 Å². The fraction of sp³-hybridized carbons (Fsp3) is 0.609. The smallest absolute Gasteiger partial charge is 0.306 e. The summed E-state index contributed by atoms with van der Waals surface area (Å²) in [6, 6.07) is 4.08. The van der Waals surface area contributed by atoms with Crippen molar-refractivity contribution >= 4 is 22.9 Å². The van der Waals surface area contributed by atoms with Crippen LogP contribution in [0.5, 0.6) is 0 Å². The lowest BCUT2D eigenvalue weighted by Gasteiger charge is -2.47. The van der Waals surface area contributed by atoms with Crippen LogP contribution in [0.1, 0.15) is 63.9 Å². The monoisotopic (exact) mass is 397 g/mol. The van der Waals surface area contributed by atoms with Crippen LogP contribution in [0.3, 0.4) is 0 Å². The Morgan fingerprint density at radius 2 is 2.07 bits per heavy atom. The number of hydrogen-bond acceptors (Lipinski definition) is 3. The average molecular weight is 398 g/mol. The lowest BCUT2D eigenvalue weighted by molar-refractivity contribution is -0.154. The Kier molecular flexibility index (Phi) is 5.61. The van der Waals surface area contributed by atoms with E-state index >= 15 is 0 Å². The van der Waals surface area contributed by atoms with E-state index in [1.807, 2.05) is 17.2 Å². The third-order valence-corrected chi connectivity index (χ3v) is 7.10. The van der Waals surface area contributed by atoms with E-state index in [-0.39, 0.29) is 29.7 Å². The minimum absolute atomic E-state index is 0.0866. The summed E-state index contributed by atoms with van der Waals surface area (Å²) in [4.78, 5) is 34.8. The number of H-pyrrole nitrogens is 1. The molecule has 4 unspecified atom stereocenters. The van der Waals surface area contributed by atoms with Crippen LogP contribution in [0.25, 0.3) is 11.0 Å². The van der Waals surface area contributed by atoms with Crippen LogP contribution in [-0.4, -0.2) is 44.4 Å². The quantitative estimate of drug-likeness (QED) is 0.792.